The fraction of sp³-hybridized carbons (Fsp3) is 0.316. The molecule has 0 N–H and O–H groups in total. The van der Waals surface area contributed by atoms with Gasteiger partial charge in [0.2, 0.25) is 0 Å². The second kappa shape index (κ2) is 5.95. The van der Waals surface area contributed by atoms with Gasteiger partial charge in [-0.05, 0) is 38.0 Å². The summed E-state index contributed by atoms with van der Waals surface area (Å²) < 4.78 is 15.7. The van der Waals surface area contributed by atoms with E-state index in [0.29, 0.717) is 30.0 Å². The van der Waals surface area contributed by atoms with E-state index in [-0.39, 0.29) is 17.6 Å². The minimum atomic E-state index is -0.202. The van der Waals surface area contributed by atoms with E-state index in [1.165, 1.54) is 6.07 Å². The quantitative estimate of drug-likeness (QED) is 0.721. The highest BCUT2D eigenvalue weighted by Gasteiger charge is 2.30. The predicted molar refractivity (Wildman–Crippen MR) is 92.1 cm³/mol. The Balaban J connectivity index is 1.59. The lowest BCUT2D eigenvalue weighted by Gasteiger charge is -2.17. The van der Waals surface area contributed by atoms with Gasteiger partial charge in [0.05, 0.1) is 5.69 Å². The molecule has 0 spiro atoms. The molecule has 1 amide bonds. The van der Waals surface area contributed by atoms with Crippen molar-refractivity contribution in [2.75, 3.05) is 13.1 Å². The summed E-state index contributed by atoms with van der Waals surface area (Å²) >= 11 is 0. The third kappa shape index (κ3) is 2.77. The fourth-order valence-corrected chi connectivity index (χ4v) is 3.52. The third-order valence-electron chi connectivity index (χ3n) is 4.77. The zero-order valence-electron chi connectivity index (χ0n) is 14.2. The summed E-state index contributed by atoms with van der Waals surface area (Å²) in [4.78, 5) is 19.1. The highest BCUT2D eigenvalue weighted by Crippen LogP contribution is 2.29. The Hall–Kier alpha value is -2.76. The number of benzene rings is 1. The normalized spacial score (nSPS) is 17.4. The van der Waals surface area contributed by atoms with Crippen molar-refractivity contribution in [2.24, 2.45) is 0 Å². The SMILES string of the molecule is Cc1cc2nc(C(=O)N3CCC(c4ccccc4F)C3)cc(C)n2n1. The Bertz CT molecular complexity index is 965. The number of hydrogen-bond acceptors (Lipinski definition) is 3. The Morgan fingerprint density at radius 2 is 2.04 bits per heavy atom. The number of aromatic nitrogens is 3. The topological polar surface area (TPSA) is 50.5 Å². The Kier molecular flexibility index (Phi) is 3.75. The van der Waals surface area contributed by atoms with Gasteiger partial charge in [0.15, 0.2) is 5.65 Å². The third-order valence-corrected chi connectivity index (χ3v) is 4.77. The molecule has 1 fully saturated rings. The van der Waals surface area contributed by atoms with Gasteiger partial charge in [-0.2, -0.15) is 5.10 Å². The van der Waals surface area contributed by atoms with Crippen molar-refractivity contribution in [1.29, 1.82) is 0 Å². The Morgan fingerprint density at radius 1 is 1.24 bits per heavy atom. The molecule has 1 saturated heterocycles. The second-order valence-corrected chi connectivity index (χ2v) is 6.60. The lowest BCUT2D eigenvalue weighted by Crippen LogP contribution is -2.29. The Morgan fingerprint density at radius 3 is 2.84 bits per heavy atom. The zero-order valence-corrected chi connectivity index (χ0v) is 14.2. The van der Waals surface area contributed by atoms with E-state index in [0.717, 1.165) is 17.8 Å². The van der Waals surface area contributed by atoms with E-state index in [4.69, 9.17) is 0 Å². The van der Waals surface area contributed by atoms with Crippen molar-refractivity contribution >= 4 is 11.6 Å². The van der Waals surface area contributed by atoms with E-state index in [2.05, 4.69) is 10.1 Å². The molecule has 0 bridgehead atoms. The monoisotopic (exact) mass is 338 g/mol. The zero-order chi connectivity index (χ0) is 17.6. The molecule has 0 aliphatic carbocycles. The van der Waals surface area contributed by atoms with Gasteiger partial charge < -0.3 is 4.90 Å². The average molecular weight is 338 g/mol. The van der Waals surface area contributed by atoms with Gasteiger partial charge in [0, 0.05) is 30.8 Å². The number of aryl methyl sites for hydroxylation is 2. The van der Waals surface area contributed by atoms with Crippen LogP contribution in [-0.2, 0) is 0 Å². The lowest BCUT2D eigenvalue weighted by atomic mass is 9.98. The molecular weight excluding hydrogens is 319 g/mol. The summed E-state index contributed by atoms with van der Waals surface area (Å²) in [6.07, 6.45) is 0.764. The molecule has 6 heteroatoms. The van der Waals surface area contributed by atoms with Gasteiger partial charge in [-0.15, -0.1) is 0 Å². The molecule has 3 aromatic rings. The first-order valence-electron chi connectivity index (χ1n) is 8.40. The predicted octanol–water partition coefficient (Wildman–Crippen LogP) is 3.11. The molecule has 1 aliphatic heterocycles. The number of fused-ring (bicyclic) bond motifs is 1. The van der Waals surface area contributed by atoms with Crippen molar-refractivity contribution in [3.05, 3.63) is 64.9 Å². The maximum absolute atomic E-state index is 14.0. The molecule has 5 nitrogen and oxygen atoms in total. The molecule has 25 heavy (non-hydrogen) atoms. The van der Waals surface area contributed by atoms with Crippen LogP contribution in [0.15, 0.2) is 36.4 Å². The summed E-state index contributed by atoms with van der Waals surface area (Å²) in [5.41, 5.74) is 3.50. The fourth-order valence-electron chi connectivity index (χ4n) is 3.52. The molecule has 0 radical (unpaired) electrons. The Labute approximate surface area is 145 Å². The smallest absolute Gasteiger partial charge is 0.272 e. The standard InChI is InChI=1S/C19H19FN4O/c1-12-9-18-21-17(10-13(2)24(18)22-12)19(25)23-8-7-14(11-23)15-5-3-4-6-16(15)20/h3-6,9-10,14H,7-8,11H2,1-2H3. The van der Waals surface area contributed by atoms with Crippen LogP contribution >= 0.6 is 0 Å². The van der Waals surface area contributed by atoms with Crippen molar-refractivity contribution in [2.45, 2.75) is 26.2 Å². The second-order valence-electron chi connectivity index (χ2n) is 6.60. The van der Waals surface area contributed by atoms with Crippen LogP contribution in [-0.4, -0.2) is 38.5 Å². The largest absolute Gasteiger partial charge is 0.337 e. The van der Waals surface area contributed by atoms with Crippen LogP contribution < -0.4 is 0 Å². The van der Waals surface area contributed by atoms with Crippen molar-refractivity contribution in [1.82, 2.24) is 19.5 Å². The van der Waals surface area contributed by atoms with Crippen LogP contribution in [0.4, 0.5) is 4.39 Å². The maximum Gasteiger partial charge on any atom is 0.272 e. The van der Waals surface area contributed by atoms with Crippen molar-refractivity contribution in [3.63, 3.8) is 0 Å². The van der Waals surface area contributed by atoms with E-state index in [1.54, 1.807) is 27.6 Å². The summed E-state index contributed by atoms with van der Waals surface area (Å²) in [7, 11) is 0. The van der Waals surface area contributed by atoms with Gasteiger partial charge in [-0.25, -0.2) is 13.9 Å². The minimum Gasteiger partial charge on any atom is -0.337 e. The first kappa shape index (κ1) is 15.7. The molecule has 0 saturated carbocycles. The number of amides is 1. The van der Waals surface area contributed by atoms with Crippen LogP contribution in [0.3, 0.4) is 0 Å². The molecule has 1 unspecified atom stereocenters. The number of rotatable bonds is 2. The van der Waals surface area contributed by atoms with Crippen molar-refractivity contribution < 1.29 is 9.18 Å². The summed E-state index contributed by atoms with van der Waals surface area (Å²) in [6, 6.07) is 10.4. The molecule has 1 aliphatic rings. The number of likely N-dealkylation sites (tertiary alicyclic amines) is 1. The molecule has 3 heterocycles. The van der Waals surface area contributed by atoms with Crippen molar-refractivity contribution in [3.8, 4) is 0 Å². The highest BCUT2D eigenvalue weighted by molar-refractivity contribution is 5.93. The summed E-state index contributed by atoms with van der Waals surface area (Å²) in [5, 5.41) is 4.36. The van der Waals surface area contributed by atoms with Gasteiger partial charge in [-0.3, -0.25) is 4.79 Å². The van der Waals surface area contributed by atoms with Crippen LogP contribution in [0, 0.1) is 19.7 Å². The van der Waals surface area contributed by atoms with E-state index >= 15 is 0 Å². The van der Waals surface area contributed by atoms with Gasteiger partial charge in [0.1, 0.15) is 11.5 Å². The first-order valence-corrected chi connectivity index (χ1v) is 8.40. The van der Waals surface area contributed by atoms with Gasteiger partial charge in [-0.1, -0.05) is 18.2 Å². The van der Waals surface area contributed by atoms with Crippen LogP contribution in [0.1, 0.15) is 39.8 Å². The average Bonchev–Trinajstić information content (AvgIpc) is 3.21. The summed E-state index contributed by atoms with van der Waals surface area (Å²) in [6.45, 7) is 4.94. The number of carbonyl (C=O) groups is 1. The molecule has 1 aromatic carbocycles. The number of hydrogen-bond donors (Lipinski definition) is 0. The van der Waals surface area contributed by atoms with Crippen LogP contribution in [0.25, 0.3) is 5.65 Å². The van der Waals surface area contributed by atoms with E-state index in [9.17, 15) is 9.18 Å². The lowest BCUT2D eigenvalue weighted by molar-refractivity contribution is 0.0785. The number of carbonyl (C=O) groups excluding carboxylic acids is 1. The number of halogens is 1. The summed E-state index contributed by atoms with van der Waals surface area (Å²) in [5.74, 6) is -0.276. The highest BCUT2D eigenvalue weighted by atomic mass is 19.1. The molecule has 128 valence electrons. The van der Waals surface area contributed by atoms with Crippen LogP contribution in [0.2, 0.25) is 0 Å². The number of nitrogens with zero attached hydrogens (tertiary/aromatic N) is 4. The minimum absolute atomic E-state index is 0.0344. The maximum atomic E-state index is 14.0. The van der Waals surface area contributed by atoms with Gasteiger partial charge >= 0.3 is 0 Å². The molecule has 2 aromatic heterocycles. The van der Waals surface area contributed by atoms with Gasteiger partial charge in [0.25, 0.3) is 5.91 Å². The van der Waals surface area contributed by atoms with Crippen LogP contribution in [0.5, 0.6) is 0 Å². The molecule has 4 rings (SSSR count). The van der Waals surface area contributed by atoms with E-state index in [1.807, 2.05) is 26.0 Å². The molecule has 1 atom stereocenters. The molecular formula is C19H19FN4O. The van der Waals surface area contributed by atoms with E-state index < -0.39 is 0 Å². The first-order chi connectivity index (χ1) is 12.0.